The number of anilines is 12. The molecule has 0 amide bonds. The van der Waals surface area contributed by atoms with Crippen LogP contribution < -0.4 is 19.6 Å². The van der Waals surface area contributed by atoms with Gasteiger partial charge in [0.25, 0.3) is 0 Å². The van der Waals surface area contributed by atoms with Crippen LogP contribution in [0, 0.1) is 0 Å². The van der Waals surface area contributed by atoms with Gasteiger partial charge in [-0.05, 0) is 246 Å². The predicted octanol–water partition coefficient (Wildman–Crippen LogP) is 31.7. The van der Waals surface area contributed by atoms with Crippen LogP contribution >= 0.6 is 0 Å². The molecule has 0 saturated heterocycles. The summed E-state index contributed by atoms with van der Waals surface area (Å²) in [6.07, 6.45) is 7.48. The van der Waals surface area contributed by atoms with Crippen LogP contribution in [0.25, 0.3) is 90.0 Å². The lowest BCUT2D eigenvalue weighted by atomic mass is 10.0. The first kappa shape index (κ1) is 74.4. The molecule has 4 heteroatoms. The van der Waals surface area contributed by atoms with Crippen molar-refractivity contribution in [1.29, 1.82) is 0 Å². The molecule has 546 valence electrons. The Bertz CT molecular complexity index is 6080. The SMILES string of the molecule is C=Cc1ccc(N(c2ccc(-c3ccccc3)cc2)c2ccc(-c3ccccc3)cc2)cc1.C=Cc1ccc(N(c2ccccc2)c2ccc(-c3ccccc3)cc2)cc1.C=Cc1ccc(N(c2ccccc2)c2ccc3cc4ccccc4cc3c2)cc1.C=Cc1ccc(N(c2ccccc2)c2ccc3ccccc3c2)cc1. The lowest BCUT2D eigenvalue weighted by Gasteiger charge is -2.26. The first-order valence-electron chi connectivity index (χ1n) is 38.5. The van der Waals surface area contributed by atoms with Crippen molar-refractivity contribution >= 4 is 125 Å². The molecule has 0 unspecified atom stereocenters. The van der Waals surface area contributed by atoms with Gasteiger partial charge in [-0.15, -0.1) is 0 Å². The van der Waals surface area contributed by atoms with E-state index in [1.807, 2.05) is 54.6 Å². The van der Waals surface area contributed by atoms with E-state index in [9.17, 15) is 0 Å². The molecule has 0 aromatic heterocycles. The largest absolute Gasteiger partial charge is 0.311 e. The average molecular weight is 1460 g/mol. The minimum absolute atomic E-state index is 1.11. The van der Waals surface area contributed by atoms with Crippen LogP contribution in [0.4, 0.5) is 68.2 Å². The summed E-state index contributed by atoms with van der Waals surface area (Å²) in [6, 6.07) is 158. The molecular weight excluding hydrogens is 1380 g/mol. The summed E-state index contributed by atoms with van der Waals surface area (Å²) in [4.78, 5) is 9.12. The Morgan fingerprint density at radius 2 is 0.307 bits per heavy atom. The zero-order valence-electron chi connectivity index (χ0n) is 63.7. The van der Waals surface area contributed by atoms with Crippen molar-refractivity contribution in [2.45, 2.75) is 0 Å². The molecule has 4 nitrogen and oxygen atoms in total. The number of hydrogen-bond acceptors (Lipinski definition) is 4. The van der Waals surface area contributed by atoms with Crippen molar-refractivity contribution in [2.75, 3.05) is 19.6 Å². The van der Waals surface area contributed by atoms with E-state index in [2.05, 4.69) is 464 Å². The van der Waals surface area contributed by atoms with Gasteiger partial charge in [0.05, 0.1) is 0 Å². The van der Waals surface area contributed by atoms with E-state index >= 15 is 0 Å². The fourth-order valence-corrected chi connectivity index (χ4v) is 14.2. The standard InChI is InChI=1S/C32H25N.C28H21N.C26H21N.C24H19N/c1-2-25-13-19-30(20-14-25)33(31-21-15-28(16-22-31)26-9-5-3-6-10-26)32-23-17-29(18-24-32)27-11-7-4-8-12-27;1-2-21-12-15-27(16-13-21)29(26-10-4-3-5-11-26)28-17-14-24-18-22-8-6-7-9-23(22)19-25(24)20-28;1-2-21-13-17-25(18-14-21)27(24-11-7-4-8-12-24)26-19-15-23(16-20-26)22-9-5-3-6-10-22;1-2-19-12-15-23(16-13-19)25(22-10-4-3-5-11-22)24-17-14-20-8-6-7-9-21(20)18-24/h2-24H,1H2;2-20H,1H2;2-20H,1H2;2-18H,1H2. The van der Waals surface area contributed by atoms with Gasteiger partial charge in [0.2, 0.25) is 0 Å². The Morgan fingerprint density at radius 1 is 0.132 bits per heavy atom. The van der Waals surface area contributed by atoms with Gasteiger partial charge in [-0.3, -0.25) is 0 Å². The van der Waals surface area contributed by atoms with E-state index in [-0.39, 0.29) is 0 Å². The van der Waals surface area contributed by atoms with Crippen molar-refractivity contribution in [2.24, 2.45) is 0 Å². The smallest absolute Gasteiger partial charge is 0.0468 e. The van der Waals surface area contributed by atoms with Crippen molar-refractivity contribution in [1.82, 2.24) is 0 Å². The quantitative estimate of drug-likeness (QED) is 0.0748. The highest BCUT2D eigenvalue weighted by molar-refractivity contribution is 6.00. The zero-order chi connectivity index (χ0) is 77.6. The average Bonchev–Trinajstić information content (AvgIpc) is 0.787. The molecule has 18 aromatic rings. The lowest BCUT2D eigenvalue weighted by molar-refractivity contribution is 1.28. The summed E-state index contributed by atoms with van der Waals surface area (Å²) >= 11 is 0. The minimum Gasteiger partial charge on any atom is -0.311 e. The summed E-state index contributed by atoms with van der Waals surface area (Å²) < 4.78 is 0. The van der Waals surface area contributed by atoms with Crippen LogP contribution in [-0.2, 0) is 0 Å². The third kappa shape index (κ3) is 17.9. The van der Waals surface area contributed by atoms with Gasteiger partial charge in [0.15, 0.2) is 0 Å². The fourth-order valence-electron chi connectivity index (χ4n) is 14.2. The Labute approximate surface area is 670 Å². The number of hydrogen-bond donors (Lipinski definition) is 0. The fraction of sp³-hybridized carbons (Fsp3) is 0. The van der Waals surface area contributed by atoms with Crippen LogP contribution in [0.5, 0.6) is 0 Å². The summed E-state index contributed by atoms with van der Waals surface area (Å²) in [6.45, 7) is 15.4. The van der Waals surface area contributed by atoms with Gasteiger partial charge >= 0.3 is 0 Å². The van der Waals surface area contributed by atoms with Crippen LogP contribution in [0.3, 0.4) is 0 Å². The van der Waals surface area contributed by atoms with E-state index in [0.717, 1.165) is 90.5 Å². The van der Waals surface area contributed by atoms with Gasteiger partial charge < -0.3 is 19.6 Å². The van der Waals surface area contributed by atoms with Gasteiger partial charge in [-0.25, -0.2) is 0 Å². The summed E-state index contributed by atoms with van der Waals surface area (Å²) in [5.41, 5.74) is 25.3. The number of para-hydroxylation sites is 3. The van der Waals surface area contributed by atoms with Gasteiger partial charge in [0.1, 0.15) is 0 Å². The molecule has 0 bridgehead atoms. The summed E-state index contributed by atoms with van der Waals surface area (Å²) in [5.74, 6) is 0. The molecule has 0 N–H and O–H groups in total. The molecule has 0 saturated carbocycles. The molecule has 0 fully saturated rings. The minimum atomic E-state index is 1.11. The molecule has 0 atom stereocenters. The maximum atomic E-state index is 3.89. The van der Waals surface area contributed by atoms with Crippen molar-refractivity contribution in [3.05, 3.63) is 497 Å². The molecule has 0 aliphatic heterocycles. The maximum absolute atomic E-state index is 3.89. The normalized spacial score (nSPS) is 10.6. The monoisotopic (exact) mass is 1460 g/mol. The molecule has 18 aromatic carbocycles. The number of benzene rings is 18. The Kier molecular flexibility index (Phi) is 23.7. The van der Waals surface area contributed by atoms with Crippen molar-refractivity contribution in [3.63, 3.8) is 0 Å². The van der Waals surface area contributed by atoms with Crippen LogP contribution in [0.2, 0.25) is 0 Å². The molecular formula is C110H86N4. The maximum Gasteiger partial charge on any atom is 0.0468 e. The first-order valence-corrected chi connectivity index (χ1v) is 38.5. The molecule has 18 rings (SSSR count). The van der Waals surface area contributed by atoms with Crippen molar-refractivity contribution in [3.8, 4) is 33.4 Å². The summed E-state index contributed by atoms with van der Waals surface area (Å²) in [5, 5.41) is 7.52. The van der Waals surface area contributed by atoms with Gasteiger partial charge in [0, 0.05) is 68.2 Å². The second-order valence-corrected chi connectivity index (χ2v) is 27.5. The Morgan fingerprint density at radius 3 is 0.588 bits per heavy atom. The van der Waals surface area contributed by atoms with Gasteiger partial charge in [-0.2, -0.15) is 0 Å². The Hall–Kier alpha value is -15.1. The van der Waals surface area contributed by atoms with E-state index < -0.39 is 0 Å². The van der Waals surface area contributed by atoms with Crippen LogP contribution in [0.1, 0.15) is 22.3 Å². The Balaban J connectivity index is 0.000000120. The first-order chi connectivity index (χ1) is 56.3. The zero-order valence-corrected chi connectivity index (χ0v) is 63.7. The highest BCUT2D eigenvalue weighted by Gasteiger charge is 2.18. The second kappa shape index (κ2) is 36.4. The highest BCUT2D eigenvalue weighted by atomic mass is 15.2. The lowest BCUT2D eigenvalue weighted by Crippen LogP contribution is -2.09. The molecule has 0 aliphatic carbocycles. The highest BCUT2D eigenvalue weighted by Crippen LogP contribution is 2.42. The molecule has 114 heavy (non-hydrogen) atoms. The third-order valence-electron chi connectivity index (χ3n) is 20.2. The van der Waals surface area contributed by atoms with Gasteiger partial charge in [-0.1, -0.05) is 342 Å². The van der Waals surface area contributed by atoms with E-state index in [1.54, 1.807) is 0 Å². The second-order valence-electron chi connectivity index (χ2n) is 27.5. The van der Waals surface area contributed by atoms with Crippen LogP contribution in [-0.4, -0.2) is 0 Å². The number of rotatable bonds is 19. The van der Waals surface area contributed by atoms with Crippen molar-refractivity contribution < 1.29 is 0 Å². The van der Waals surface area contributed by atoms with E-state index in [1.165, 1.54) is 65.7 Å². The number of fused-ring (bicyclic) bond motifs is 3. The molecule has 0 spiro atoms. The van der Waals surface area contributed by atoms with E-state index in [4.69, 9.17) is 0 Å². The molecule has 0 aliphatic rings. The number of nitrogens with zero attached hydrogens (tertiary/aromatic N) is 4. The summed E-state index contributed by atoms with van der Waals surface area (Å²) in [7, 11) is 0. The molecule has 0 heterocycles. The van der Waals surface area contributed by atoms with Crippen LogP contribution in [0.15, 0.2) is 475 Å². The van der Waals surface area contributed by atoms with E-state index in [0.29, 0.717) is 0 Å². The predicted molar refractivity (Wildman–Crippen MR) is 494 cm³/mol. The topological polar surface area (TPSA) is 13.0 Å². The molecule has 0 radical (unpaired) electrons. The third-order valence-corrected chi connectivity index (χ3v) is 20.2.